The van der Waals surface area contributed by atoms with Gasteiger partial charge in [-0.15, -0.1) is 0 Å². The van der Waals surface area contributed by atoms with Gasteiger partial charge in [-0.2, -0.15) is 0 Å². The van der Waals surface area contributed by atoms with Gasteiger partial charge in [-0.1, -0.05) is 140 Å². The van der Waals surface area contributed by atoms with Gasteiger partial charge in [0.15, 0.2) is 5.79 Å². The topological polar surface area (TPSA) is 21.7 Å². The Morgan fingerprint density at radius 3 is 1.33 bits per heavy atom. The molecule has 1 rings (SSSR count). The number of terminal acetylenes is 1. The Bertz CT molecular complexity index is 751. The van der Waals surface area contributed by atoms with E-state index in [0.717, 1.165) is 45.3 Å². The van der Waals surface area contributed by atoms with Crippen molar-refractivity contribution in [2.75, 3.05) is 27.2 Å². The molecule has 4 heteroatoms. The van der Waals surface area contributed by atoms with Crippen molar-refractivity contribution in [1.82, 2.24) is 4.90 Å². The fourth-order valence-electron chi connectivity index (χ4n) is 6.31. The van der Waals surface area contributed by atoms with Gasteiger partial charge >= 0.3 is 51.4 Å². The Hall–Kier alpha value is 0.0364. The minimum Gasteiger partial charge on any atom is -0.697 e. The molecule has 49 heavy (non-hydrogen) atoms. The summed E-state index contributed by atoms with van der Waals surface area (Å²) in [6, 6.07) is 0. The minimum atomic E-state index is -0.318. The van der Waals surface area contributed by atoms with Crippen molar-refractivity contribution in [2.24, 2.45) is 0 Å². The van der Waals surface area contributed by atoms with Crippen LogP contribution in [-0.4, -0.2) is 44.0 Å². The molecule has 1 saturated heterocycles. The third-order valence-corrected chi connectivity index (χ3v) is 9.33. The molecule has 1 atom stereocenters. The van der Waals surface area contributed by atoms with Gasteiger partial charge in [-0.3, -0.25) is 0 Å². The van der Waals surface area contributed by atoms with Crippen LogP contribution in [0.4, 0.5) is 0 Å². The average Bonchev–Trinajstić information content (AvgIpc) is 3.51. The first-order valence-corrected chi connectivity index (χ1v) is 20.5. The van der Waals surface area contributed by atoms with Crippen LogP contribution in [-0.2, 0) is 9.47 Å². The van der Waals surface area contributed by atoms with E-state index in [1.54, 1.807) is 0 Å². The zero-order valence-electron chi connectivity index (χ0n) is 33.5. The van der Waals surface area contributed by atoms with Crippen LogP contribution in [0, 0.1) is 12.8 Å². The molecule has 3 nitrogen and oxygen atoms in total. The Balaban J connectivity index is 0. The fourth-order valence-corrected chi connectivity index (χ4v) is 6.31. The first kappa shape index (κ1) is 51.1. The van der Waals surface area contributed by atoms with Gasteiger partial charge < -0.3 is 27.2 Å². The van der Waals surface area contributed by atoms with E-state index in [9.17, 15) is 0 Å². The van der Waals surface area contributed by atoms with E-state index in [1.165, 1.54) is 141 Å². The van der Waals surface area contributed by atoms with Crippen LogP contribution in [0.3, 0.4) is 0 Å². The molecule has 0 spiro atoms. The van der Waals surface area contributed by atoms with Crippen LogP contribution in [0.5, 0.6) is 0 Å². The quantitative estimate of drug-likeness (QED) is 0.0223. The molecule has 1 fully saturated rings. The molecule has 278 valence electrons. The third kappa shape index (κ3) is 34.9. The van der Waals surface area contributed by atoms with Crippen LogP contribution in [0.15, 0.2) is 48.6 Å². The second kappa shape index (κ2) is 40.8. The van der Waals surface area contributed by atoms with Gasteiger partial charge in [-0.05, 0) is 97.6 Å². The van der Waals surface area contributed by atoms with E-state index in [1.807, 2.05) is 0 Å². The summed E-state index contributed by atoms with van der Waals surface area (Å²) in [7, 11) is 4.30. The van der Waals surface area contributed by atoms with Crippen LogP contribution >= 0.6 is 0 Å². The number of allylic oxidation sites excluding steroid dienone is 8. The van der Waals surface area contributed by atoms with Gasteiger partial charge in [0, 0.05) is 19.4 Å². The summed E-state index contributed by atoms with van der Waals surface area (Å²) in [6.45, 7) is 6.38. The minimum absolute atomic E-state index is 0. The maximum atomic E-state index is 6.67. The largest absolute Gasteiger partial charge is 1.00 e. The van der Waals surface area contributed by atoms with Gasteiger partial charge in [0.1, 0.15) is 0 Å². The van der Waals surface area contributed by atoms with Crippen molar-refractivity contribution >= 4 is 0 Å². The molecule has 1 aliphatic heterocycles. The maximum absolute atomic E-state index is 6.67. The zero-order valence-corrected chi connectivity index (χ0v) is 36.7. The average molecular weight is 706 g/mol. The summed E-state index contributed by atoms with van der Waals surface area (Å²) in [5.41, 5.74) is 0. The molecule has 0 aromatic heterocycles. The van der Waals surface area contributed by atoms with Crippen molar-refractivity contribution < 1.29 is 60.9 Å². The van der Waals surface area contributed by atoms with E-state index < -0.39 is 0 Å². The molecule has 0 N–H and O–H groups in total. The number of nitrogens with zero attached hydrogens (tertiary/aromatic N) is 1. The zero-order chi connectivity index (χ0) is 35.2. The van der Waals surface area contributed by atoms with Gasteiger partial charge in [0.25, 0.3) is 0 Å². The predicted molar refractivity (Wildman–Crippen MR) is 213 cm³/mol. The Kier molecular flexibility index (Phi) is 42.6. The molecule has 1 unspecified atom stereocenters. The Labute approximate surface area is 350 Å². The van der Waals surface area contributed by atoms with E-state index in [0.29, 0.717) is 0 Å². The van der Waals surface area contributed by atoms with Crippen LogP contribution < -0.4 is 51.4 Å². The second-order valence-electron chi connectivity index (χ2n) is 14.2. The normalized spacial score (nSPS) is 15.9. The maximum Gasteiger partial charge on any atom is 1.00 e. The summed E-state index contributed by atoms with van der Waals surface area (Å²) in [4.78, 5) is 2.26. The van der Waals surface area contributed by atoms with Crippen LogP contribution in [0.25, 0.3) is 0 Å². The smallest absolute Gasteiger partial charge is 0.697 e. The number of rotatable bonds is 33. The Morgan fingerprint density at radius 1 is 0.571 bits per heavy atom. The fraction of sp³-hybridized carbons (Fsp3) is 0.778. The molecule has 0 bridgehead atoms. The molecule has 0 aromatic rings. The Morgan fingerprint density at radius 2 is 0.939 bits per heavy atom. The van der Waals surface area contributed by atoms with Crippen molar-refractivity contribution in [2.45, 2.75) is 199 Å². The summed E-state index contributed by atoms with van der Waals surface area (Å²) in [6.07, 6.45) is 62.3. The second-order valence-corrected chi connectivity index (χ2v) is 14.2. The molecule has 1 heterocycles. The predicted octanol–water partition coefficient (Wildman–Crippen LogP) is 10.7. The molecule has 0 amide bonds. The molecule has 0 radical (unpaired) electrons. The number of hydrogen-bond acceptors (Lipinski definition) is 3. The van der Waals surface area contributed by atoms with Crippen molar-refractivity contribution in [1.29, 1.82) is 0 Å². The van der Waals surface area contributed by atoms with E-state index >= 15 is 0 Å². The SMILES string of the molecule is CCCCC/C=C\C/C=C\CCCCCCCCC1(CCCCCCCC/C=C\C/C=C\CCCCC)OCC(CCN(C)C)O1.[C-]#C.[K+]. The van der Waals surface area contributed by atoms with Gasteiger partial charge in [-0.25, -0.2) is 0 Å². The number of hydrogen-bond donors (Lipinski definition) is 0. The van der Waals surface area contributed by atoms with Gasteiger partial charge in [0.2, 0.25) is 0 Å². The van der Waals surface area contributed by atoms with Crippen LogP contribution in [0.2, 0.25) is 0 Å². The van der Waals surface area contributed by atoms with E-state index in [-0.39, 0.29) is 63.3 Å². The molecular formula is C45H80KNO2. The first-order valence-electron chi connectivity index (χ1n) is 20.5. The summed E-state index contributed by atoms with van der Waals surface area (Å²) >= 11 is 0. The molecule has 1 aliphatic rings. The van der Waals surface area contributed by atoms with Crippen molar-refractivity contribution in [3.8, 4) is 6.42 Å². The van der Waals surface area contributed by atoms with Crippen LogP contribution in [0.1, 0.15) is 187 Å². The standard InChI is InChI=1S/C43H79NO2.C2H.K/c1-5-7-9-11-13-15-17-19-21-23-25-27-29-31-33-35-38-43(45-41-42(46-43)37-40-44(3)4)39-36-34-32-30-28-26-24-22-20-18-16-14-12-10-8-6-2;1-2;/h13-16,19-22,42H,5-12,17-18,23-41H2,1-4H3;1H;/q;-1;+1/b15-13-,16-14-,21-19-,22-20-;;. The van der Waals surface area contributed by atoms with Crippen molar-refractivity contribution in [3.63, 3.8) is 0 Å². The van der Waals surface area contributed by atoms with Gasteiger partial charge in [0.05, 0.1) is 12.7 Å². The van der Waals surface area contributed by atoms with E-state index in [4.69, 9.17) is 15.9 Å². The third-order valence-electron chi connectivity index (χ3n) is 9.33. The summed E-state index contributed by atoms with van der Waals surface area (Å²) in [5.74, 6) is -0.318. The van der Waals surface area contributed by atoms with Crippen molar-refractivity contribution in [3.05, 3.63) is 55.0 Å². The molecule has 0 aromatic carbocycles. The molecule has 0 aliphatic carbocycles. The van der Waals surface area contributed by atoms with E-state index in [2.05, 4.69) is 87.9 Å². The summed E-state index contributed by atoms with van der Waals surface area (Å²) < 4.78 is 13.1. The molecule has 0 saturated carbocycles. The number of unbranched alkanes of at least 4 members (excludes halogenated alkanes) is 18. The number of ether oxygens (including phenoxy) is 2. The monoisotopic (exact) mass is 706 g/mol. The first-order chi connectivity index (χ1) is 23.6. The molecular weight excluding hydrogens is 626 g/mol. The summed E-state index contributed by atoms with van der Waals surface area (Å²) in [5, 5.41) is 0.